The highest BCUT2D eigenvalue weighted by atomic mass is 35.5. The van der Waals surface area contributed by atoms with E-state index in [2.05, 4.69) is 0 Å². The molecule has 0 spiro atoms. The Balaban J connectivity index is 1.88. The zero-order valence-corrected chi connectivity index (χ0v) is 21.1. The highest BCUT2D eigenvalue weighted by molar-refractivity contribution is 6.33. The lowest BCUT2D eigenvalue weighted by molar-refractivity contribution is 0.474. The number of phenols is 4. The van der Waals surface area contributed by atoms with E-state index in [-0.39, 0.29) is 54.9 Å². The molecule has 0 heterocycles. The molecule has 0 unspecified atom stereocenters. The molecule has 0 aromatic heterocycles. The van der Waals surface area contributed by atoms with E-state index in [1.54, 1.807) is 48.5 Å². The van der Waals surface area contributed by atoms with Crippen LogP contribution in [-0.4, -0.2) is 20.4 Å². The van der Waals surface area contributed by atoms with Gasteiger partial charge in [-0.05, 0) is 77.2 Å². The maximum Gasteiger partial charge on any atom is 0.134 e. The predicted octanol–water partition coefficient (Wildman–Crippen LogP) is 8.48. The lowest BCUT2D eigenvalue weighted by Crippen LogP contribution is -2.10. The number of hydrogen-bond donors (Lipinski definition) is 4. The van der Waals surface area contributed by atoms with E-state index in [0.717, 1.165) is 22.3 Å². The van der Waals surface area contributed by atoms with E-state index in [0.29, 0.717) is 6.42 Å². The number of aromatic hydroxyl groups is 4. The quantitative estimate of drug-likeness (QED) is 0.194. The van der Waals surface area contributed by atoms with Gasteiger partial charge < -0.3 is 20.4 Å². The first-order chi connectivity index (χ1) is 16.6. The number of benzene rings is 4. The van der Waals surface area contributed by atoms with Gasteiger partial charge in [-0.2, -0.15) is 0 Å². The van der Waals surface area contributed by atoms with Gasteiger partial charge in [0.2, 0.25) is 0 Å². The second-order valence-corrected chi connectivity index (χ2v) is 9.81. The van der Waals surface area contributed by atoms with Crippen molar-refractivity contribution in [2.45, 2.75) is 18.3 Å². The van der Waals surface area contributed by atoms with Crippen LogP contribution in [0.5, 0.6) is 23.0 Å². The minimum absolute atomic E-state index is 0.0370. The van der Waals surface area contributed by atoms with E-state index in [1.807, 2.05) is 0 Å². The molecule has 0 radical (unpaired) electrons. The summed E-state index contributed by atoms with van der Waals surface area (Å²) in [5.41, 5.74) is 3.26. The Morgan fingerprint density at radius 1 is 0.429 bits per heavy atom. The van der Waals surface area contributed by atoms with Crippen LogP contribution in [0.15, 0.2) is 72.8 Å². The topological polar surface area (TPSA) is 80.9 Å². The maximum absolute atomic E-state index is 9.96. The fourth-order valence-electron chi connectivity index (χ4n) is 4.12. The van der Waals surface area contributed by atoms with Gasteiger partial charge in [0, 0.05) is 11.8 Å². The van der Waals surface area contributed by atoms with Crippen molar-refractivity contribution in [1.82, 2.24) is 0 Å². The lowest BCUT2D eigenvalue weighted by Gasteiger charge is -2.26. The van der Waals surface area contributed by atoms with E-state index in [1.165, 1.54) is 24.3 Å². The highest BCUT2D eigenvalue weighted by Crippen LogP contribution is 2.43. The van der Waals surface area contributed by atoms with Crippen molar-refractivity contribution in [1.29, 1.82) is 0 Å². The van der Waals surface area contributed by atoms with Crippen LogP contribution in [0, 0.1) is 0 Å². The Labute approximate surface area is 222 Å². The first kappa shape index (κ1) is 25.3. The van der Waals surface area contributed by atoms with Gasteiger partial charge in [-0.25, -0.2) is 0 Å². The molecule has 0 bridgehead atoms. The molecule has 180 valence electrons. The summed E-state index contributed by atoms with van der Waals surface area (Å²) in [4.78, 5) is 0. The molecular weight excluding hydrogens is 530 g/mol. The molecule has 4 aromatic carbocycles. The normalized spacial score (nSPS) is 11.4. The highest BCUT2D eigenvalue weighted by Gasteiger charge is 2.25. The Morgan fingerprint density at radius 3 is 0.857 bits per heavy atom. The number of rotatable bonds is 6. The molecule has 4 N–H and O–H groups in total. The summed E-state index contributed by atoms with van der Waals surface area (Å²) < 4.78 is 0. The zero-order chi connectivity index (χ0) is 25.3. The molecule has 4 rings (SSSR count). The third-order valence-electron chi connectivity index (χ3n) is 5.97. The van der Waals surface area contributed by atoms with Crippen molar-refractivity contribution in [2.24, 2.45) is 0 Å². The molecule has 4 aromatic rings. The molecule has 4 nitrogen and oxygen atoms in total. The van der Waals surface area contributed by atoms with Crippen molar-refractivity contribution in [3.05, 3.63) is 115 Å². The Morgan fingerprint density at radius 2 is 0.657 bits per heavy atom. The predicted molar refractivity (Wildman–Crippen MR) is 141 cm³/mol. The molecule has 0 aliphatic carbocycles. The second-order valence-electron chi connectivity index (χ2n) is 8.18. The summed E-state index contributed by atoms with van der Waals surface area (Å²) in [5.74, 6) is -0.710. The summed E-state index contributed by atoms with van der Waals surface area (Å²) in [6.07, 6.45) is 0.477. The number of hydrogen-bond acceptors (Lipinski definition) is 4. The number of halogens is 4. The molecule has 35 heavy (non-hydrogen) atoms. The van der Waals surface area contributed by atoms with Crippen molar-refractivity contribution >= 4 is 46.4 Å². The van der Waals surface area contributed by atoms with Crippen molar-refractivity contribution < 1.29 is 20.4 Å². The molecule has 0 saturated heterocycles. The zero-order valence-electron chi connectivity index (χ0n) is 18.1. The van der Waals surface area contributed by atoms with Gasteiger partial charge in [0.25, 0.3) is 0 Å². The minimum atomic E-state index is -0.281. The third-order valence-corrected chi connectivity index (χ3v) is 7.18. The van der Waals surface area contributed by atoms with E-state index < -0.39 is 0 Å². The Hall–Kier alpha value is -2.76. The van der Waals surface area contributed by atoms with Crippen LogP contribution >= 0.6 is 46.4 Å². The summed E-state index contributed by atoms with van der Waals surface area (Å²) in [6, 6.07) is 19.9. The SMILES string of the molecule is Oc1ccc(C(CC(c2ccc(O)c(Cl)c2)c2ccc(O)c(Cl)c2)c2ccc(O)c(Cl)c2)cc1Cl. The second kappa shape index (κ2) is 10.5. The molecule has 0 amide bonds. The largest absolute Gasteiger partial charge is 0.506 e. The van der Waals surface area contributed by atoms with Crippen LogP contribution in [0.4, 0.5) is 0 Å². The van der Waals surface area contributed by atoms with Crippen LogP contribution in [-0.2, 0) is 0 Å². The van der Waals surface area contributed by atoms with E-state index in [9.17, 15) is 20.4 Å². The van der Waals surface area contributed by atoms with Crippen molar-refractivity contribution in [3.63, 3.8) is 0 Å². The van der Waals surface area contributed by atoms with Gasteiger partial charge in [-0.1, -0.05) is 70.7 Å². The monoisotopic (exact) mass is 548 g/mol. The standard InChI is InChI=1S/C27H20Cl4O4/c28-20-9-14(1-5-24(20)32)18(15-2-6-25(33)21(29)10-15)13-19(16-3-7-26(34)22(30)11-16)17-4-8-27(35)23(31)12-17/h1-12,18-19,32-35H,13H2. The van der Waals surface area contributed by atoms with Crippen LogP contribution in [0.25, 0.3) is 0 Å². The molecular formula is C27H20Cl4O4. The molecule has 0 aliphatic rings. The van der Waals surface area contributed by atoms with E-state index >= 15 is 0 Å². The lowest BCUT2D eigenvalue weighted by atomic mass is 9.78. The van der Waals surface area contributed by atoms with E-state index in [4.69, 9.17) is 46.4 Å². The average molecular weight is 550 g/mol. The molecule has 0 fully saturated rings. The summed E-state index contributed by atoms with van der Waals surface area (Å²) in [6.45, 7) is 0. The molecule has 0 aliphatic heterocycles. The minimum Gasteiger partial charge on any atom is -0.506 e. The smallest absolute Gasteiger partial charge is 0.134 e. The Bertz CT molecular complexity index is 1180. The van der Waals surface area contributed by atoms with Gasteiger partial charge in [0.05, 0.1) is 20.1 Å². The number of phenolic OH excluding ortho intramolecular Hbond substituents is 4. The first-order valence-electron chi connectivity index (χ1n) is 10.6. The van der Waals surface area contributed by atoms with Gasteiger partial charge in [0.1, 0.15) is 23.0 Å². The molecule has 0 saturated carbocycles. The van der Waals surface area contributed by atoms with Gasteiger partial charge in [0.15, 0.2) is 0 Å². The van der Waals surface area contributed by atoms with Gasteiger partial charge in [-0.15, -0.1) is 0 Å². The van der Waals surface area contributed by atoms with Gasteiger partial charge >= 0.3 is 0 Å². The summed E-state index contributed by atoms with van der Waals surface area (Å²) in [5, 5.41) is 40.7. The van der Waals surface area contributed by atoms with Crippen LogP contribution in [0.3, 0.4) is 0 Å². The fraction of sp³-hybridized carbons (Fsp3) is 0.111. The third kappa shape index (κ3) is 5.57. The van der Waals surface area contributed by atoms with Gasteiger partial charge in [-0.3, -0.25) is 0 Å². The van der Waals surface area contributed by atoms with Crippen LogP contribution < -0.4 is 0 Å². The summed E-state index contributed by atoms with van der Waals surface area (Å²) >= 11 is 25.0. The first-order valence-corrected chi connectivity index (χ1v) is 12.1. The maximum atomic E-state index is 9.96. The molecule has 0 atom stereocenters. The average Bonchev–Trinajstić information content (AvgIpc) is 2.82. The summed E-state index contributed by atoms with van der Waals surface area (Å²) in [7, 11) is 0. The van der Waals surface area contributed by atoms with Crippen molar-refractivity contribution in [2.75, 3.05) is 0 Å². The Kier molecular flexibility index (Phi) is 7.58. The van der Waals surface area contributed by atoms with Crippen LogP contribution in [0.2, 0.25) is 20.1 Å². The molecule has 8 heteroatoms. The van der Waals surface area contributed by atoms with Crippen molar-refractivity contribution in [3.8, 4) is 23.0 Å². The van der Waals surface area contributed by atoms with Crippen LogP contribution in [0.1, 0.15) is 40.5 Å². The fourth-order valence-corrected chi connectivity index (χ4v) is 4.88.